The third-order valence-electron chi connectivity index (χ3n) is 6.86. The Morgan fingerprint density at radius 3 is 2.45 bits per heavy atom. The highest BCUT2D eigenvalue weighted by molar-refractivity contribution is 6.04. The number of benzene rings is 3. The molecule has 0 unspecified atom stereocenters. The van der Waals surface area contributed by atoms with E-state index in [2.05, 4.69) is 15.4 Å². The number of methoxy groups -OCH3 is 2. The van der Waals surface area contributed by atoms with Gasteiger partial charge in [-0.25, -0.2) is 13.6 Å². The van der Waals surface area contributed by atoms with E-state index in [4.69, 9.17) is 9.47 Å². The molecule has 0 saturated heterocycles. The number of halogens is 2. The number of rotatable bonds is 8. The number of aromatic hydroxyl groups is 1. The maximum atomic E-state index is 14.8. The number of ether oxygens (including phenoxy) is 2. The van der Waals surface area contributed by atoms with Crippen LogP contribution in [0.3, 0.4) is 0 Å². The number of hydrogen-bond donors (Lipinski definition) is 3. The Kier molecular flexibility index (Phi) is 6.66. The molecular formula is C29H26F2N4O5. The zero-order valence-corrected chi connectivity index (χ0v) is 22.1. The number of fused-ring (bicyclic) bond motifs is 1. The number of carboxylic acid groups (broad SMARTS) is 1. The largest absolute Gasteiger partial charge is 0.507 e. The number of H-pyrrole nitrogens is 1. The maximum absolute atomic E-state index is 14.8. The molecule has 0 radical (unpaired) electrons. The van der Waals surface area contributed by atoms with E-state index >= 15 is 0 Å². The molecule has 9 nitrogen and oxygen atoms in total. The van der Waals surface area contributed by atoms with E-state index in [-0.39, 0.29) is 22.8 Å². The lowest BCUT2D eigenvalue weighted by Gasteiger charge is -2.28. The van der Waals surface area contributed by atoms with Crippen LogP contribution in [0.5, 0.6) is 17.2 Å². The van der Waals surface area contributed by atoms with Crippen LogP contribution in [0, 0.1) is 11.6 Å². The number of phenolic OH excluding ortho intramolecular Hbond substituents is 1. The zero-order chi connectivity index (χ0) is 28.8. The molecular weight excluding hydrogens is 522 g/mol. The first kappa shape index (κ1) is 26.7. The van der Waals surface area contributed by atoms with Crippen LogP contribution in [-0.4, -0.2) is 50.4 Å². The molecule has 0 aliphatic heterocycles. The van der Waals surface area contributed by atoms with Gasteiger partial charge in [-0.3, -0.25) is 0 Å². The Morgan fingerprint density at radius 1 is 1.05 bits per heavy atom. The molecule has 0 atom stereocenters. The van der Waals surface area contributed by atoms with Crippen LogP contribution >= 0.6 is 0 Å². The summed E-state index contributed by atoms with van der Waals surface area (Å²) in [5.74, 6) is -2.65. The van der Waals surface area contributed by atoms with Crippen LogP contribution in [0.25, 0.3) is 27.7 Å². The van der Waals surface area contributed by atoms with Gasteiger partial charge < -0.3 is 24.3 Å². The van der Waals surface area contributed by atoms with Gasteiger partial charge in [0.2, 0.25) is 0 Å². The Morgan fingerprint density at radius 2 is 1.80 bits per heavy atom. The molecule has 0 aliphatic carbocycles. The lowest BCUT2D eigenvalue weighted by atomic mass is 9.80. The minimum atomic E-state index is -1.17. The Hall–Kier alpha value is -4.93. The molecule has 0 amide bonds. The molecule has 2 aromatic heterocycles. The van der Waals surface area contributed by atoms with E-state index in [1.165, 1.54) is 44.6 Å². The lowest BCUT2D eigenvalue weighted by molar-refractivity contribution is 0.0693. The molecule has 0 fully saturated rings. The number of carboxylic acids is 1. The number of nitrogens with zero attached hydrogens (tertiary/aromatic N) is 3. The fourth-order valence-corrected chi connectivity index (χ4v) is 5.21. The van der Waals surface area contributed by atoms with E-state index < -0.39 is 23.0 Å². The topological polar surface area (TPSA) is 122 Å². The quantitative estimate of drug-likeness (QED) is 0.230. The molecule has 0 saturated carbocycles. The van der Waals surface area contributed by atoms with Crippen LogP contribution in [0.2, 0.25) is 0 Å². The van der Waals surface area contributed by atoms with Gasteiger partial charge in [0.05, 0.1) is 37.0 Å². The van der Waals surface area contributed by atoms with Gasteiger partial charge in [-0.15, -0.1) is 0 Å². The summed E-state index contributed by atoms with van der Waals surface area (Å²) in [6.45, 7) is 3.90. The zero-order valence-electron chi connectivity index (χ0n) is 22.1. The SMILES string of the molecule is COc1cc(-n2c(C(C)(C)Cc3cn[nH]n3)c(-c3ccc(C(=O)O)c(OC)c3)c3c(O)cc(F)cc32)ccc1F. The van der Waals surface area contributed by atoms with Gasteiger partial charge in [0.1, 0.15) is 22.9 Å². The molecule has 206 valence electrons. The Balaban J connectivity index is 1.94. The molecule has 11 heteroatoms. The molecule has 0 aliphatic rings. The van der Waals surface area contributed by atoms with Gasteiger partial charge in [-0.2, -0.15) is 15.4 Å². The molecule has 2 heterocycles. The first-order valence-electron chi connectivity index (χ1n) is 12.2. The summed E-state index contributed by atoms with van der Waals surface area (Å²) in [5, 5.41) is 31.8. The summed E-state index contributed by atoms with van der Waals surface area (Å²) >= 11 is 0. The van der Waals surface area contributed by atoms with Crippen molar-refractivity contribution in [2.75, 3.05) is 14.2 Å². The molecule has 0 spiro atoms. The smallest absolute Gasteiger partial charge is 0.339 e. The normalized spacial score (nSPS) is 11.7. The van der Waals surface area contributed by atoms with Crippen molar-refractivity contribution in [2.24, 2.45) is 0 Å². The van der Waals surface area contributed by atoms with Crippen LogP contribution in [0.15, 0.2) is 54.7 Å². The highest BCUT2D eigenvalue weighted by Crippen LogP contribution is 2.48. The number of aromatic amines is 1. The van der Waals surface area contributed by atoms with Gasteiger partial charge in [0.25, 0.3) is 0 Å². The van der Waals surface area contributed by atoms with Gasteiger partial charge in [0.15, 0.2) is 11.6 Å². The molecule has 5 aromatic rings. The van der Waals surface area contributed by atoms with E-state index in [0.29, 0.717) is 45.5 Å². The van der Waals surface area contributed by atoms with Crippen molar-refractivity contribution in [1.82, 2.24) is 20.0 Å². The number of aromatic nitrogens is 4. The van der Waals surface area contributed by atoms with E-state index in [9.17, 15) is 23.8 Å². The Labute approximate surface area is 227 Å². The standard InChI is InChI=1S/C29H26F2N4O5/c1-29(2,13-17-14-32-34-33-17)27-25(15-5-7-19(28(37)38)23(9-15)39-3)26-21(10-16(30)11-22(26)36)35(27)18-6-8-20(31)24(12-18)40-4/h5-12,14,36H,13H2,1-4H3,(H,37,38)(H,32,33,34). The number of nitrogens with one attached hydrogen (secondary N) is 1. The summed E-state index contributed by atoms with van der Waals surface area (Å²) in [6, 6.07) is 11.2. The fourth-order valence-electron chi connectivity index (χ4n) is 5.21. The molecule has 40 heavy (non-hydrogen) atoms. The molecule has 3 N–H and O–H groups in total. The predicted molar refractivity (Wildman–Crippen MR) is 143 cm³/mol. The molecule has 5 rings (SSSR count). The number of carbonyl (C=O) groups is 1. The third-order valence-corrected chi connectivity index (χ3v) is 6.86. The first-order valence-corrected chi connectivity index (χ1v) is 12.2. The molecule has 3 aromatic carbocycles. The van der Waals surface area contributed by atoms with Gasteiger partial charge in [-0.05, 0) is 35.9 Å². The highest BCUT2D eigenvalue weighted by atomic mass is 19.1. The first-order chi connectivity index (χ1) is 19.1. The van der Waals surface area contributed by atoms with Crippen molar-refractivity contribution in [2.45, 2.75) is 25.7 Å². The van der Waals surface area contributed by atoms with Crippen molar-refractivity contribution in [3.63, 3.8) is 0 Å². The minimum absolute atomic E-state index is 0.0192. The van der Waals surface area contributed by atoms with E-state index in [1.54, 1.807) is 22.9 Å². The number of hydrogen-bond acceptors (Lipinski definition) is 6. The van der Waals surface area contributed by atoms with Gasteiger partial charge >= 0.3 is 5.97 Å². The summed E-state index contributed by atoms with van der Waals surface area (Å²) < 4.78 is 41.7. The second-order valence-corrected chi connectivity index (χ2v) is 9.94. The summed E-state index contributed by atoms with van der Waals surface area (Å²) in [4.78, 5) is 11.8. The van der Waals surface area contributed by atoms with Crippen LogP contribution in [0.1, 0.15) is 35.6 Å². The monoisotopic (exact) mass is 548 g/mol. The summed E-state index contributed by atoms with van der Waals surface area (Å²) in [6.07, 6.45) is 1.97. The Bertz CT molecular complexity index is 1750. The van der Waals surface area contributed by atoms with Crippen molar-refractivity contribution >= 4 is 16.9 Å². The fraction of sp³-hybridized carbons (Fsp3) is 0.207. The second kappa shape index (κ2) is 9.99. The van der Waals surface area contributed by atoms with E-state index in [1.807, 2.05) is 13.8 Å². The highest BCUT2D eigenvalue weighted by Gasteiger charge is 2.34. The minimum Gasteiger partial charge on any atom is -0.507 e. The number of phenols is 1. The average molecular weight is 549 g/mol. The van der Waals surface area contributed by atoms with Gasteiger partial charge in [-0.1, -0.05) is 19.9 Å². The molecule has 0 bridgehead atoms. The third kappa shape index (κ3) is 4.49. The van der Waals surface area contributed by atoms with E-state index in [0.717, 1.165) is 6.07 Å². The average Bonchev–Trinajstić information content (AvgIpc) is 3.54. The van der Waals surface area contributed by atoms with Crippen molar-refractivity contribution in [1.29, 1.82) is 0 Å². The summed E-state index contributed by atoms with van der Waals surface area (Å²) in [7, 11) is 2.71. The second-order valence-electron chi connectivity index (χ2n) is 9.94. The summed E-state index contributed by atoms with van der Waals surface area (Å²) in [5.41, 5.74) is 2.27. The lowest BCUT2D eigenvalue weighted by Crippen LogP contribution is -2.25. The van der Waals surface area contributed by atoms with Crippen LogP contribution in [0.4, 0.5) is 8.78 Å². The maximum Gasteiger partial charge on any atom is 0.339 e. The van der Waals surface area contributed by atoms with Crippen molar-refractivity contribution in [3.05, 3.63) is 83.3 Å². The van der Waals surface area contributed by atoms with Crippen molar-refractivity contribution < 1.29 is 33.3 Å². The van der Waals surface area contributed by atoms with Crippen LogP contribution < -0.4 is 9.47 Å². The van der Waals surface area contributed by atoms with Gasteiger partial charge in [0, 0.05) is 40.9 Å². The van der Waals surface area contributed by atoms with Crippen LogP contribution in [-0.2, 0) is 11.8 Å². The number of aromatic carboxylic acids is 1. The predicted octanol–water partition coefficient (Wildman–Crippen LogP) is 5.64. The van der Waals surface area contributed by atoms with Crippen molar-refractivity contribution in [3.8, 4) is 34.1 Å².